The molecule has 0 saturated heterocycles. The average molecular weight is 1520 g/mol. The zero-order valence-corrected chi connectivity index (χ0v) is 74.1. The summed E-state index contributed by atoms with van der Waals surface area (Å²) >= 11 is 0. The van der Waals surface area contributed by atoms with Crippen molar-refractivity contribution in [3.05, 3.63) is 117 Å². The van der Waals surface area contributed by atoms with E-state index in [2.05, 4.69) is 138 Å². The summed E-state index contributed by atoms with van der Waals surface area (Å²) in [4.78, 5) is 20.8. The Balaban J connectivity index is 1.32. The van der Waals surface area contributed by atoms with Crippen molar-refractivity contribution in [3.63, 3.8) is 0 Å². The molecule has 0 fully saturated rings. The number of benzene rings is 4. The van der Waals surface area contributed by atoms with Gasteiger partial charge in [0.15, 0.2) is 0 Å². The standard InChI is InChI=1S/C108H166N4/c1-9-17-25-33-41-49-57-65-85-73-93-94(74-86(85)66-58-50-42-34-26-18-10-2)102-82-104-97-77-89(69-61-53-45-37-29-21-13-5)90(70-62-54-46-38-30-22-14-6)78-98(97)106(111-104)84-108-100-80-92(72-64-56-48-40-32-24-16-8)91(71-63-55-47-39-31-23-15-7)79-99(100)107(112-108)83-105-96-76-88(68-60-52-44-36-28-20-12-4)87(67-59-51-43-35-27-19-11-3)75-95(96)103(110-105)81-101(93)109-102/h73-84,109,112H,9-72H2,1-8H3. The van der Waals surface area contributed by atoms with Crippen LogP contribution in [0.15, 0.2) is 72.8 Å². The van der Waals surface area contributed by atoms with E-state index in [4.69, 9.17) is 9.97 Å². The first-order chi connectivity index (χ1) is 55.3. The van der Waals surface area contributed by atoms with Crippen LogP contribution < -0.4 is 0 Å². The summed E-state index contributed by atoms with van der Waals surface area (Å²) in [6, 6.07) is 31.5. The minimum absolute atomic E-state index is 1.11. The Hall–Kier alpha value is -5.48. The molecule has 0 atom stereocenters. The number of aromatic amines is 2. The summed E-state index contributed by atoms with van der Waals surface area (Å²) in [6.07, 6.45) is 83.5. The minimum Gasteiger partial charge on any atom is -0.354 e. The molecule has 5 heterocycles. The fourth-order valence-electron chi connectivity index (χ4n) is 19.0. The molecule has 2 aliphatic heterocycles. The molecule has 2 N–H and O–H groups in total. The van der Waals surface area contributed by atoms with Crippen LogP contribution in [-0.2, 0) is 51.4 Å². The van der Waals surface area contributed by atoms with E-state index < -0.39 is 0 Å². The molecule has 9 rings (SSSR count). The Morgan fingerprint density at radius 1 is 0.161 bits per heavy atom. The Bertz CT molecular complexity index is 3440. The maximum Gasteiger partial charge on any atom is 0.0737 e. The second-order valence-electron chi connectivity index (χ2n) is 35.9. The Kier molecular flexibility index (Phi) is 43.4. The van der Waals surface area contributed by atoms with Crippen molar-refractivity contribution in [1.82, 2.24) is 19.9 Å². The van der Waals surface area contributed by atoms with E-state index in [9.17, 15) is 0 Å². The van der Waals surface area contributed by atoms with Crippen LogP contribution in [-0.4, -0.2) is 19.9 Å². The van der Waals surface area contributed by atoms with Crippen LogP contribution in [0.2, 0.25) is 0 Å². The summed E-state index contributed by atoms with van der Waals surface area (Å²) in [6.45, 7) is 18.8. The summed E-state index contributed by atoms with van der Waals surface area (Å²) in [5.74, 6) is 0. The van der Waals surface area contributed by atoms with Crippen LogP contribution in [0.3, 0.4) is 0 Å². The van der Waals surface area contributed by atoms with Crippen molar-refractivity contribution in [1.29, 1.82) is 0 Å². The highest BCUT2D eigenvalue weighted by Gasteiger charge is 2.25. The Morgan fingerprint density at radius 2 is 0.295 bits per heavy atom. The lowest BCUT2D eigenvalue weighted by Gasteiger charge is -2.14. The lowest BCUT2D eigenvalue weighted by atomic mass is 9.90. The number of aromatic nitrogens is 4. The first kappa shape index (κ1) is 90.4. The van der Waals surface area contributed by atoms with Crippen molar-refractivity contribution in [2.45, 2.75) is 466 Å². The van der Waals surface area contributed by atoms with E-state index in [-0.39, 0.29) is 0 Å². The molecule has 0 amide bonds. The van der Waals surface area contributed by atoms with E-state index >= 15 is 0 Å². The van der Waals surface area contributed by atoms with Crippen molar-refractivity contribution >= 4 is 43.6 Å². The number of H-pyrrole nitrogens is 2. The number of rotatable bonds is 64. The Morgan fingerprint density at radius 3 is 0.446 bits per heavy atom. The van der Waals surface area contributed by atoms with E-state index in [0.29, 0.717) is 0 Å². The van der Waals surface area contributed by atoms with Crippen molar-refractivity contribution in [2.75, 3.05) is 0 Å². The third kappa shape index (κ3) is 29.6. The molecular weight excluding hydrogens is 1350 g/mol. The molecule has 112 heavy (non-hydrogen) atoms. The smallest absolute Gasteiger partial charge is 0.0737 e. The minimum atomic E-state index is 1.11. The molecule has 0 unspecified atom stereocenters. The summed E-state index contributed by atoms with van der Waals surface area (Å²) < 4.78 is 0. The van der Waals surface area contributed by atoms with E-state index in [0.717, 1.165) is 74.1 Å². The van der Waals surface area contributed by atoms with Gasteiger partial charge < -0.3 is 9.97 Å². The highest BCUT2D eigenvalue weighted by atomic mass is 14.8. The zero-order chi connectivity index (χ0) is 78.4. The predicted molar refractivity (Wildman–Crippen MR) is 498 cm³/mol. The van der Waals surface area contributed by atoms with Crippen LogP contribution in [0.25, 0.3) is 88.6 Å². The van der Waals surface area contributed by atoms with Gasteiger partial charge in [-0.2, -0.15) is 0 Å². The molecule has 0 radical (unpaired) electrons. The lowest BCUT2D eigenvalue weighted by Crippen LogP contribution is -1.98. The summed E-state index contributed by atoms with van der Waals surface area (Å²) in [5, 5.41) is 5.38. The molecule has 618 valence electrons. The van der Waals surface area contributed by atoms with Gasteiger partial charge in [0.05, 0.1) is 22.8 Å². The monoisotopic (exact) mass is 1520 g/mol. The number of nitrogens with zero attached hydrogens (tertiary/aromatic N) is 2. The van der Waals surface area contributed by atoms with Crippen LogP contribution in [0, 0.1) is 0 Å². The SMILES string of the molecule is CCCCCCCCCc1cc2c(cc1CCCCCCCCC)-c1cc3[nH]c(cc4nc(cc5[nH]c(cc-2n1)c1cc(CCCCCCCCC)c(CCCCCCCCC)cc51)-c1cc(CCCCCCCCC)c(CCCCCCCCC)cc1-4)c1cc(CCCCCCCCC)c(CCCCCCCCC)cc31. The van der Waals surface area contributed by atoms with Crippen LogP contribution >= 0.6 is 0 Å². The summed E-state index contributed by atoms with van der Waals surface area (Å²) in [7, 11) is 0. The van der Waals surface area contributed by atoms with Crippen molar-refractivity contribution < 1.29 is 0 Å². The lowest BCUT2D eigenvalue weighted by molar-refractivity contribution is 0.583. The van der Waals surface area contributed by atoms with Crippen molar-refractivity contribution in [3.8, 4) is 45.0 Å². The maximum absolute atomic E-state index is 6.06. The van der Waals surface area contributed by atoms with Crippen LogP contribution in [0.4, 0.5) is 0 Å². The van der Waals surface area contributed by atoms with Gasteiger partial charge in [-0.15, -0.1) is 0 Å². The Labute approximate surface area is 687 Å². The third-order valence-corrected chi connectivity index (χ3v) is 26.2. The topological polar surface area (TPSA) is 57.4 Å². The molecule has 7 aromatic rings. The molecule has 0 spiro atoms. The van der Waals surface area contributed by atoms with E-state index in [1.54, 1.807) is 44.5 Å². The van der Waals surface area contributed by atoms with Gasteiger partial charge in [0.2, 0.25) is 0 Å². The second kappa shape index (κ2) is 53.7. The highest BCUT2D eigenvalue weighted by Crippen LogP contribution is 2.45. The quantitative estimate of drug-likeness (QED) is 0.0373. The fraction of sp³-hybridized carbons (Fsp3) is 0.667. The fourth-order valence-corrected chi connectivity index (χ4v) is 19.0. The second-order valence-corrected chi connectivity index (χ2v) is 35.9. The van der Waals surface area contributed by atoms with Gasteiger partial charge >= 0.3 is 0 Å². The van der Waals surface area contributed by atoms with Gasteiger partial charge in [-0.05, 0) is 220 Å². The zero-order valence-electron chi connectivity index (χ0n) is 74.1. The van der Waals surface area contributed by atoms with Crippen LogP contribution in [0.5, 0.6) is 0 Å². The normalized spacial score (nSPS) is 12.1. The van der Waals surface area contributed by atoms with Crippen molar-refractivity contribution in [2.24, 2.45) is 0 Å². The summed E-state index contributed by atoms with van der Waals surface area (Å²) in [5.41, 5.74) is 27.0. The molecule has 0 saturated carbocycles. The van der Waals surface area contributed by atoms with Gasteiger partial charge in [0.1, 0.15) is 0 Å². The number of hydrogen-bond acceptors (Lipinski definition) is 2. The number of hydrogen-bond donors (Lipinski definition) is 2. The van der Waals surface area contributed by atoms with Crippen LogP contribution in [0.1, 0.15) is 459 Å². The number of nitrogens with one attached hydrogen (secondary N) is 2. The van der Waals surface area contributed by atoms with E-state index in [1.807, 2.05) is 0 Å². The number of fused-ring (bicyclic) bond motifs is 20. The van der Waals surface area contributed by atoms with Gasteiger partial charge in [-0.25, -0.2) is 9.97 Å². The number of unbranched alkanes of at least 4 members (excludes halogenated alkanes) is 48. The molecular formula is C108H166N4. The highest BCUT2D eigenvalue weighted by molar-refractivity contribution is 6.11. The third-order valence-electron chi connectivity index (χ3n) is 26.2. The molecule has 3 aromatic heterocycles. The maximum atomic E-state index is 6.06. The average Bonchev–Trinajstić information content (AvgIpc) is 1.58. The molecule has 4 nitrogen and oxygen atoms in total. The van der Waals surface area contributed by atoms with Gasteiger partial charge in [0.25, 0.3) is 0 Å². The molecule has 2 aliphatic rings. The largest absolute Gasteiger partial charge is 0.354 e. The predicted octanol–water partition coefficient (Wildman–Crippen LogP) is 35.6. The van der Waals surface area contributed by atoms with E-state index in [1.165, 1.54) is 425 Å². The molecule has 8 bridgehead atoms. The van der Waals surface area contributed by atoms with Gasteiger partial charge in [-0.3, -0.25) is 0 Å². The first-order valence-corrected chi connectivity index (χ1v) is 49.3. The number of aryl methyl sites for hydroxylation is 8. The molecule has 4 heteroatoms. The van der Waals surface area contributed by atoms with Gasteiger partial charge in [0, 0.05) is 65.9 Å². The molecule has 4 aromatic carbocycles. The first-order valence-electron chi connectivity index (χ1n) is 49.3. The van der Waals surface area contributed by atoms with Gasteiger partial charge in [-0.1, -0.05) is 364 Å². The molecule has 0 aliphatic carbocycles.